The van der Waals surface area contributed by atoms with Crippen molar-refractivity contribution < 1.29 is 9.59 Å². The first-order chi connectivity index (χ1) is 9.68. The highest BCUT2D eigenvalue weighted by atomic mass is 79.9. The second-order valence-electron chi connectivity index (χ2n) is 5.62. The third-order valence-corrected chi connectivity index (χ3v) is 6.26. The lowest BCUT2D eigenvalue weighted by Crippen LogP contribution is -2.48. The molecule has 108 valence electrons. The van der Waals surface area contributed by atoms with Gasteiger partial charge in [0, 0.05) is 29.4 Å². The van der Waals surface area contributed by atoms with Gasteiger partial charge in [0.1, 0.15) is 10.7 Å². The van der Waals surface area contributed by atoms with Gasteiger partial charge in [-0.3, -0.25) is 9.59 Å². The minimum Gasteiger partial charge on any atom is -0.334 e. The predicted octanol–water partition coefficient (Wildman–Crippen LogP) is 3.87. The van der Waals surface area contributed by atoms with E-state index in [-0.39, 0.29) is 17.9 Å². The van der Waals surface area contributed by atoms with Crippen molar-refractivity contribution in [2.75, 3.05) is 6.54 Å². The Bertz CT molecular complexity index is 528. The zero-order valence-electron chi connectivity index (χ0n) is 11.3. The molecule has 1 aliphatic heterocycles. The summed E-state index contributed by atoms with van der Waals surface area (Å²) in [4.78, 5) is 27.5. The van der Waals surface area contributed by atoms with E-state index in [9.17, 15) is 9.59 Å². The molecule has 0 radical (unpaired) electrons. The van der Waals surface area contributed by atoms with Crippen molar-refractivity contribution in [3.05, 3.63) is 20.8 Å². The molecule has 1 amide bonds. The number of carbonyl (C=O) groups is 2. The Morgan fingerprint density at radius 2 is 2.15 bits per heavy atom. The lowest BCUT2D eigenvalue weighted by Gasteiger charge is -2.38. The Hall–Kier alpha value is -0.680. The molecule has 20 heavy (non-hydrogen) atoms. The van der Waals surface area contributed by atoms with Crippen molar-refractivity contribution in [3.63, 3.8) is 0 Å². The van der Waals surface area contributed by atoms with Crippen LogP contribution >= 0.6 is 27.3 Å². The highest BCUT2D eigenvalue weighted by Crippen LogP contribution is 2.35. The number of piperidine rings is 1. The molecule has 3 nitrogen and oxygen atoms in total. The van der Waals surface area contributed by atoms with E-state index >= 15 is 0 Å². The molecule has 1 aromatic rings. The molecule has 2 unspecified atom stereocenters. The van der Waals surface area contributed by atoms with Crippen LogP contribution in [-0.4, -0.2) is 29.2 Å². The number of carbonyl (C=O) groups excluding carboxylic acids is 2. The minimum absolute atomic E-state index is 0.0815. The van der Waals surface area contributed by atoms with Crippen molar-refractivity contribution in [1.29, 1.82) is 0 Å². The SMILES string of the molecule is O=C1CCCC1C1CCCCN1C(=O)c1sccc1Br. The number of hydrogen-bond donors (Lipinski definition) is 0. The summed E-state index contributed by atoms with van der Waals surface area (Å²) >= 11 is 4.92. The lowest BCUT2D eigenvalue weighted by molar-refractivity contribution is -0.122. The van der Waals surface area contributed by atoms with Crippen LogP contribution in [0.5, 0.6) is 0 Å². The van der Waals surface area contributed by atoms with Crippen LogP contribution in [0.1, 0.15) is 48.2 Å². The third-order valence-electron chi connectivity index (χ3n) is 4.44. The molecule has 3 rings (SSSR count). The molecule has 2 heterocycles. The van der Waals surface area contributed by atoms with Crippen molar-refractivity contribution in [2.45, 2.75) is 44.6 Å². The van der Waals surface area contributed by atoms with Crippen LogP contribution in [0.3, 0.4) is 0 Å². The number of thiophene rings is 1. The van der Waals surface area contributed by atoms with E-state index in [4.69, 9.17) is 0 Å². The largest absolute Gasteiger partial charge is 0.334 e. The van der Waals surface area contributed by atoms with Gasteiger partial charge >= 0.3 is 0 Å². The van der Waals surface area contributed by atoms with Crippen molar-refractivity contribution >= 4 is 39.0 Å². The molecular formula is C15H18BrNO2S. The van der Waals surface area contributed by atoms with Gasteiger partial charge in [-0.05, 0) is 59.5 Å². The fourth-order valence-corrected chi connectivity index (χ4v) is 4.95. The Kier molecular flexibility index (Phi) is 4.26. The summed E-state index contributed by atoms with van der Waals surface area (Å²) in [6.45, 7) is 0.789. The molecule has 0 N–H and O–H groups in total. The Morgan fingerprint density at radius 1 is 1.30 bits per heavy atom. The number of halogens is 1. The molecule has 2 fully saturated rings. The quantitative estimate of drug-likeness (QED) is 0.807. The van der Waals surface area contributed by atoms with Crippen LogP contribution in [0.15, 0.2) is 15.9 Å². The molecule has 2 aliphatic rings. The number of nitrogens with zero attached hydrogens (tertiary/aromatic N) is 1. The Balaban J connectivity index is 1.84. The molecule has 1 saturated carbocycles. The number of hydrogen-bond acceptors (Lipinski definition) is 3. The van der Waals surface area contributed by atoms with E-state index in [0.717, 1.165) is 48.0 Å². The summed E-state index contributed by atoms with van der Waals surface area (Å²) in [5.74, 6) is 0.536. The van der Waals surface area contributed by atoms with E-state index in [1.54, 1.807) is 0 Å². The van der Waals surface area contributed by atoms with E-state index < -0.39 is 0 Å². The lowest BCUT2D eigenvalue weighted by atomic mass is 9.88. The van der Waals surface area contributed by atoms with Crippen molar-refractivity contribution in [3.8, 4) is 0 Å². The number of amides is 1. The summed E-state index contributed by atoms with van der Waals surface area (Å²) in [5, 5.41) is 1.93. The normalized spacial score (nSPS) is 27.1. The molecule has 0 spiro atoms. The van der Waals surface area contributed by atoms with Gasteiger partial charge in [-0.15, -0.1) is 11.3 Å². The number of rotatable bonds is 2. The first-order valence-electron chi connectivity index (χ1n) is 7.25. The van der Waals surface area contributed by atoms with Gasteiger partial charge < -0.3 is 4.90 Å². The van der Waals surface area contributed by atoms with E-state index in [1.807, 2.05) is 16.3 Å². The van der Waals surface area contributed by atoms with E-state index in [2.05, 4.69) is 15.9 Å². The van der Waals surface area contributed by atoms with Crippen molar-refractivity contribution in [1.82, 2.24) is 4.90 Å². The van der Waals surface area contributed by atoms with Gasteiger partial charge in [-0.25, -0.2) is 0 Å². The van der Waals surface area contributed by atoms with Crippen LogP contribution in [0.25, 0.3) is 0 Å². The van der Waals surface area contributed by atoms with Gasteiger partial charge in [0.25, 0.3) is 5.91 Å². The second-order valence-corrected chi connectivity index (χ2v) is 7.39. The standard InChI is InChI=1S/C15H18BrNO2S/c16-11-7-9-20-14(11)15(19)17-8-2-1-5-12(17)10-4-3-6-13(10)18/h7,9-10,12H,1-6,8H2. The molecule has 1 saturated heterocycles. The van der Waals surface area contributed by atoms with E-state index in [0.29, 0.717) is 12.2 Å². The summed E-state index contributed by atoms with van der Waals surface area (Å²) in [6, 6.07) is 2.04. The van der Waals surface area contributed by atoms with Gasteiger partial charge in [-0.2, -0.15) is 0 Å². The predicted molar refractivity (Wildman–Crippen MR) is 83.0 cm³/mol. The fourth-order valence-electron chi connectivity index (χ4n) is 3.45. The van der Waals surface area contributed by atoms with Crippen LogP contribution in [0, 0.1) is 5.92 Å². The molecule has 1 aromatic heterocycles. The van der Waals surface area contributed by atoms with Gasteiger partial charge in [0.2, 0.25) is 0 Å². The highest BCUT2D eigenvalue weighted by molar-refractivity contribution is 9.10. The monoisotopic (exact) mass is 355 g/mol. The van der Waals surface area contributed by atoms with Crippen LogP contribution in [-0.2, 0) is 4.79 Å². The third kappa shape index (κ3) is 2.58. The Labute approximate surface area is 131 Å². The highest BCUT2D eigenvalue weighted by Gasteiger charge is 2.39. The maximum Gasteiger partial charge on any atom is 0.265 e. The zero-order valence-corrected chi connectivity index (χ0v) is 13.7. The molecule has 0 aromatic carbocycles. The number of Topliss-reactive ketones (excluding diaryl/α,β-unsaturated/α-hetero) is 1. The van der Waals surface area contributed by atoms with Crippen molar-refractivity contribution in [2.24, 2.45) is 5.92 Å². The topological polar surface area (TPSA) is 37.4 Å². The summed E-state index contributed by atoms with van der Waals surface area (Å²) in [6.07, 6.45) is 5.80. The maximum atomic E-state index is 12.8. The molecule has 1 aliphatic carbocycles. The van der Waals surface area contributed by atoms with Crippen LogP contribution in [0.2, 0.25) is 0 Å². The van der Waals surface area contributed by atoms with E-state index in [1.165, 1.54) is 11.3 Å². The average Bonchev–Trinajstić information content (AvgIpc) is 3.06. The van der Waals surface area contributed by atoms with Gasteiger partial charge in [0.15, 0.2) is 0 Å². The maximum absolute atomic E-state index is 12.8. The molecule has 2 atom stereocenters. The molecule has 0 bridgehead atoms. The van der Waals surface area contributed by atoms with Gasteiger partial charge in [0.05, 0.1) is 0 Å². The van der Waals surface area contributed by atoms with Crippen LogP contribution in [0.4, 0.5) is 0 Å². The number of likely N-dealkylation sites (tertiary alicyclic amines) is 1. The number of ketones is 1. The minimum atomic E-state index is 0.0815. The second kappa shape index (κ2) is 5.98. The van der Waals surface area contributed by atoms with Gasteiger partial charge in [-0.1, -0.05) is 0 Å². The molecular weight excluding hydrogens is 338 g/mol. The smallest absolute Gasteiger partial charge is 0.265 e. The fraction of sp³-hybridized carbons (Fsp3) is 0.600. The zero-order chi connectivity index (χ0) is 14.1. The summed E-state index contributed by atoms with van der Waals surface area (Å²) in [5.41, 5.74) is 0. The summed E-state index contributed by atoms with van der Waals surface area (Å²) < 4.78 is 0.870. The Morgan fingerprint density at radius 3 is 2.80 bits per heavy atom. The summed E-state index contributed by atoms with van der Waals surface area (Å²) in [7, 11) is 0. The van der Waals surface area contributed by atoms with Crippen LogP contribution < -0.4 is 0 Å². The molecule has 5 heteroatoms. The average molecular weight is 356 g/mol. The first-order valence-corrected chi connectivity index (χ1v) is 8.92. The first kappa shape index (κ1) is 14.3.